The summed E-state index contributed by atoms with van der Waals surface area (Å²) < 4.78 is 8.28. The molecule has 22 valence electrons. The van der Waals surface area contributed by atoms with Crippen molar-refractivity contribution in [1.29, 1.82) is 0 Å². The second kappa shape index (κ2) is 17.2. The number of rotatable bonds is 0. The quantitative estimate of drug-likeness (QED) is 0.536. The molecule has 0 atom stereocenters. The van der Waals surface area contributed by atoms with E-state index in [2.05, 4.69) is 0 Å². The van der Waals surface area contributed by atoms with Gasteiger partial charge in [0.2, 0.25) is 0 Å². The van der Waals surface area contributed by atoms with E-state index in [1.54, 1.807) is 0 Å². The van der Waals surface area contributed by atoms with Crippen LogP contribution in [0.15, 0.2) is 0 Å². The third-order valence-electron chi connectivity index (χ3n) is 0. The van der Waals surface area contributed by atoms with E-state index in [4.69, 9.17) is 3.80 Å². The molecule has 0 amide bonds. The Bertz CT molecular complexity index is 8.00. The third-order valence-corrected chi connectivity index (χ3v) is 0. The minimum atomic E-state index is 0. The molecule has 0 rings (SSSR count). The van der Waals surface area contributed by atoms with Crippen LogP contribution in [0.25, 0.3) is 0 Å². The van der Waals surface area contributed by atoms with Crippen LogP contribution in [0.1, 0.15) is 0 Å². The van der Waals surface area contributed by atoms with Crippen molar-refractivity contribution in [3.05, 3.63) is 0 Å². The van der Waals surface area contributed by atoms with E-state index in [9.17, 15) is 0 Å². The van der Waals surface area contributed by atoms with Crippen molar-refractivity contribution in [2.45, 2.75) is 0 Å². The van der Waals surface area contributed by atoms with Crippen LogP contribution in [0.2, 0.25) is 0 Å². The van der Waals surface area contributed by atoms with Gasteiger partial charge in [0.05, 0.1) is 0 Å². The molecule has 1 nitrogen and oxygen atoms in total. The summed E-state index contributed by atoms with van der Waals surface area (Å²) in [7, 11) is 0. The molecule has 0 spiro atoms. The van der Waals surface area contributed by atoms with Gasteiger partial charge in [0, 0.05) is 71.3 Å². The largest absolute Gasteiger partial charge is 0 e. The average molecular weight is 292 g/mol. The molecule has 0 N–H and O–H groups in total. The molecule has 0 aromatic heterocycles. The molecular formula is HAlOTbY. The molecule has 0 aliphatic rings. The number of hydrogen-bond acceptors (Lipinski definition) is 1. The van der Waals surface area contributed by atoms with Crippen molar-refractivity contribution < 1.29 is 75.1 Å². The molecule has 4 heavy (non-hydrogen) atoms. The summed E-state index contributed by atoms with van der Waals surface area (Å²) in [5.74, 6) is 0. The average Bonchev–Trinajstić information content (AvgIpc) is 1.00. The van der Waals surface area contributed by atoms with Gasteiger partial charge >= 0.3 is 20.0 Å². The Balaban J connectivity index is -0.00000000500. The molecule has 2 radical (unpaired) electrons. The fourth-order valence-corrected chi connectivity index (χ4v) is 0. The van der Waals surface area contributed by atoms with Crippen molar-refractivity contribution in [3.8, 4) is 0 Å². The van der Waals surface area contributed by atoms with Gasteiger partial charge in [-0.05, 0) is 0 Å². The van der Waals surface area contributed by atoms with Crippen molar-refractivity contribution >= 4 is 16.2 Å². The summed E-state index contributed by atoms with van der Waals surface area (Å²) in [6.45, 7) is 0. The van der Waals surface area contributed by atoms with E-state index in [1.165, 1.54) is 0 Å². The van der Waals surface area contributed by atoms with Gasteiger partial charge in [-0.3, -0.25) is 0 Å². The topological polar surface area (TPSA) is 17.1 Å². The van der Waals surface area contributed by atoms with Crippen molar-refractivity contribution in [1.82, 2.24) is 0 Å². The fraction of sp³-hybridized carbons (Fsp3) is 0. The van der Waals surface area contributed by atoms with E-state index in [0.717, 1.165) is 0 Å². The molecule has 0 saturated heterocycles. The Morgan fingerprint density at radius 1 is 1.25 bits per heavy atom. The van der Waals surface area contributed by atoms with E-state index in [1.807, 2.05) is 0 Å². The van der Waals surface area contributed by atoms with Crippen LogP contribution in [0, 0.1) is 38.6 Å². The van der Waals surface area contributed by atoms with Crippen LogP contribution in [-0.2, 0) is 36.5 Å². The number of hydrogen-bond donors (Lipinski definition) is 0. The van der Waals surface area contributed by atoms with E-state index in [-0.39, 0.29) is 71.3 Å². The van der Waals surface area contributed by atoms with Gasteiger partial charge in [-0.1, -0.05) is 0 Å². The molecule has 4 heteroatoms. The van der Waals surface area contributed by atoms with E-state index < -0.39 is 0 Å². The molecule has 0 aliphatic carbocycles. The van der Waals surface area contributed by atoms with Crippen LogP contribution in [0.5, 0.6) is 0 Å². The molecule has 0 aliphatic heterocycles. The molecule has 0 aromatic carbocycles. The zero-order valence-corrected chi connectivity index (χ0v) is 8.42. The van der Waals surface area contributed by atoms with Crippen LogP contribution < -0.4 is 0 Å². The summed E-state index contributed by atoms with van der Waals surface area (Å²) in [5.41, 5.74) is 0. The molecule has 0 heterocycles. The van der Waals surface area contributed by atoms with Gasteiger partial charge in [0.15, 0.2) is 0 Å². The zero-order valence-electron chi connectivity index (χ0n) is 2.03. The SMILES string of the molecule is [O]=[AlH].[Tb].[Y]. The molecular weight excluding hydrogens is 291 g/mol. The Morgan fingerprint density at radius 3 is 1.25 bits per heavy atom. The molecule has 0 aromatic rings. The van der Waals surface area contributed by atoms with Gasteiger partial charge in [0.1, 0.15) is 0 Å². The second-order valence-electron chi connectivity index (χ2n) is 0. The minimum absolute atomic E-state index is 0. The Morgan fingerprint density at radius 2 is 1.25 bits per heavy atom. The first-order chi connectivity index (χ1) is 1.00. The summed E-state index contributed by atoms with van der Waals surface area (Å²) in [6.07, 6.45) is 0. The summed E-state index contributed by atoms with van der Waals surface area (Å²) in [4.78, 5) is 0. The van der Waals surface area contributed by atoms with Crippen LogP contribution in [0.3, 0.4) is 0 Å². The van der Waals surface area contributed by atoms with Gasteiger partial charge in [0.25, 0.3) is 0 Å². The van der Waals surface area contributed by atoms with E-state index >= 15 is 0 Å². The minimum Gasteiger partial charge on any atom is 0 e. The standard InChI is InChI=1S/Al.O.Tb.Y.H. The maximum absolute atomic E-state index is 8.28. The normalized spacial score (nSPS) is 0.750. The van der Waals surface area contributed by atoms with E-state index in [0.29, 0.717) is 16.2 Å². The molecule has 0 unspecified atom stereocenters. The first-order valence-corrected chi connectivity index (χ1v) is 0.866. The van der Waals surface area contributed by atoms with Crippen molar-refractivity contribution in [3.63, 3.8) is 0 Å². The summed E-state index contributed by atoms with van der Waals surface area (Å²) in [5, 5.41) is 0. The summed E-state index contributed by atoms with van der Waals surface area (Å²) in [6, 6.07) is 0. The Hall–Kier alpha value is 2.72. The first-order valence-electron chi connectivity index (χ1n) is 0.289. The molecule has 0 fully saturated rings. The van der Waals surface area contributed by atoms with Crippen molar-refractivity contribution in [2.24, 2.45) is 0 Å². The maximum atomic E-state index is 8.28. The smallest absolute Gasteiger partial charge is 0 e. The first kappa shape index (κ1) is 15.9. The predicted molar refractivity (Wildman–Crippen MR) is 7.84 cm³/mol. The monoisotopic (exact) mass is 292 g/mol. The second-order valence-corrected chi connectivity index (χ2v) is 0. The van der Waals surface area contributed by atoms with Crippen LogP contribution >= 0.6 is 0 Å². The molecule has 0 saturated carbocycles. The van der Waals surface area contributed by atoms with Gasteiger partial charge < -0.3 is 0 Å². The molecule has 0 bridgehead atoms. The van der Waals surface area contributed by atoms with Crippen LogP contribution in [-0.4, -0.2) is 16.2 Å². The Labute approximate surface area is 89.2 Å². The third kappa shape index (κ3) is 8.83. The van der Waals surface area contributed by atoms with Crippen molar-refractivity contribution in [2.75, 3.05) is 0 Å². The van der Waals surface area contributed by atoms with Gasteiger partial charge in [-0.15, -0.1) is 0 Å². The zero-order chi connectivity index (χ0) is 2.00. The van der Waals surface area contributed by atoms with Gasteiger partial charge in [-0.25, -0.2) is 0 Å². The predicted octanol–water partition coefficient (Wildman–Crippen LogP) is -0.770. The van der Waals surface area contributed by atoms with Crippen LogP contribution in [0.4, 0.5) is 0 Å². The van der Waals surface area contributed by atoms with Gasteiger partial charge in [-0.2, -0.15) is 0 Å². The fourth-order valence-electron chi connectivity index (χ4n) is 0. The Kier molecular flexibility index (Phi) is 68.4. The maximum Gasteiger partial charge on any atom is 0 e. The summed E-state index contributed by atoms with van der Waals surface area (Å²) >= 11 is 0.611.